The summed E-state index contributed by atoms with van der Waals surface area (Å²) in [4.78, 5) is 28.1. The summed E-state index contributed by atoms with van der Waals surface area (Å²) in [5.74, 6) is -2.24. The fraction of sp³-hybridized carbons (Fsp3) is 0.667. The van der Waals surface area contributed by atoms with E-state index in [0.29, 0.717) is 0 Å². The normalized spacial score (nSPS) is 6.94. The van der Waals surface area contributed by atoms with Crippen molar-refractivity contribution >= 4 is 17.9 Å². The van der Waals surface area contributed by atoms with Crippen LogP contribution in [0, 0.1) is 46.9 Å². The molecule has 0 heterocycles. The van der Waals surface area contributed by atoms with Gasteiger partial charge in [0, 0.05) is 66.2 Å². The fourth-order valence-corrected chi connectivity index (χ4v) is 0. The molecular formula is C9H18O6Yb. The quantitative estimate of drug-likeness (QED) is 0.667. The van der Waals surface area contributed by atoms with Crippen LogP contribution in [0.5, 0.6) is 0 Å². The van der Waals surface area contributed by atoms with Gasteiger partial charge >= 0.3 is 17.9 Å². The molecule has 0 aliphatic heterocycles. The third kappa shape index (κ3) is 66.2. The van der Waals surface area contributed by atoms with Crippen LogP contribution < -0.4 is 0 Å². The third-order valence-corrected chi connectivity index (χ3v) is 0.907. The molecule has 16 heavy (non-hydrogen) atoms. The first-order valence-electron chi connectivity index (χ1n) is 4.47. The van der Waals surface area contributed by atoms with Gasteiger partial charge in [-0.1, -0.05) is 20.8 Å². The zero-order chi connectivity index (χ0) is 12.9. The Morgan fingerprint density at radius 3 is 0.750 bits per heavy atom. The molecule has 0 aromatic rings. The van der Waals surface area contributed by atoms with E-state index in [1.165, 1.54) is 0 Å². The summed E-state index contributed by atoms with van der Waals surface area (Å²) >= 11 is 0. The maximum Gasteiger partial charge on any atom is 0.303 e. The minimum absolute atomic E-state index is 0. The van der Waals surface area contributed by atoms with Gasteiger partial charge in [0.1, 0.15) is 0 Å². The van der Waals surface area contributed by atoms with Crippen LogP contribution in [0.4, 0.5) is 0 Å². The predicted octanol–water partition coefficient (Wildman–Crippen LogP) is 1.44. The molecule has 0 saturated carbocycles. The SMILES string of the molecule is CCC(=O)O.CCC(=O)O.CCC(=O)O.[Yb]. The fourth-order valence-electron chi connectivity index (χ4n) is 0. The van der Waals surface area contributed by atoms with Crippen LogP contribution in [-0.4, -0.2) is 33.2 Å². The summed E-state index contributed by atoms with van der Waals surface area (Å²) in [6, 6.07) is 0. The Bertz CT molecular complexity index is 159. The molecule has 0 aliphatic carbocycles. The first-order valence-corrected chi connectivity index (χ1v) is 4.47. The Balaban J connectivity index is -0.0000000655. The van der Waals surface area contributed by atoms with Gasteiger partial charge < -0.3 is 15.3 Å². The standard InChI is InChI=1S/3C3H6O2.Yb/c3*1-2-3(4)5;/h3*2H2,1H3,(H,4,5);. The van der Waals surface area contributed by atoms with E-state index in [1.807, 2.05) is 0 Å². The van der Waals surface area contributed by atoms with Crippen molar-refractivity contribution in [1.82, 2.24) is 0 Å². The van der Waals surface area contributed by atoms with Crippen molar-refractivity contribution in [2.75, 3.05) is 0 Å². The molecule has 104 valence electrons. The molecule has 7 heteroatoms. The Hall–Kier alpha value is -0.0705. The molecule has 0 saturated heterocycles. The second kappa shape index (κ2) is 20.4. The summed E-state index contributed by atoms with van der Waals surface area (Å²) in [6.07, 6.45) is 0.667. The molecule has 0 aliphatic rings. The number of carboxylic acid groups (broad SMARTS) is 3. The van der Waals surface area contributed by atoms with Gasteiger partial charge in [0.25, 0.3) is 0 Å². The molecule has 0 rings (SSSR count). The van der Waals surface area contributed by atoms with E-state index >= 15 is 0 Å². The second-order valence-electron chi connectivity index (χ2n) is 2.24. The van der Waals surface area contributed by atoms with Gasteiger partial charge in [0.05, 0.1) is 0 Å². The Labute approximate surface area is 133 Å². The molecule has 6 nitrogen and oxygen atoms in total. The van der Waals surface area contributed by atoms with E-state index in [2.05, 4.69) is 0 Å². The van der Waals surface area contributed by atoms with E-state index in [0.717, 1.165) is 0 Å². The smallest absolute Gasteiger partial charge is 0.303 e. The molecule has 0 aromatic heterocycles. The third-order valence-electron chi connectivity index (χ3n) is 0.907. The molecular weight excluding hydrogens is 377 g/mol. The maximum atomic E-state index is 9.37. The van der Waals surface area contributed by atoms with Gasteiger partial charge in [0.2, 0.25) is 0 Å². The van der Waals surface area contributed by atoms with Gasteiger partial charge in [-0.05, 0) is 0 Å². The molecule has 0 spiro atoms. The number of hydrogen-bond acceptors (Lipinski definition) is 3. The number of rotatable bonds is 3. The van der Waals surface area contributed by atoms with Crippen LogP contribution in [0.25, 0.3) is 0 Å². The minimum atomic E-state index is -0.745. The van der Waals surface area contributed by atoms with Gasteiger partial charge in [-0.25, -0.2) is 0 Å². The van der Waals surface area contributed by atoms with Crippen molar-refractivity contribution in [3.8, 4) is 0 Å². The molecule has 0 unspecified atom stereocenters. The Morgan fingerprint density at radius 1 is 0.688 bits per heavy atom. The predicted molar refractivity (Wildman–Crippen MR) is 53.8 cm³/mol. The summed E-state index contributed by atoms with van der Waals surface area (Å²) in [5.41, 5.74) is 0. The molecule has 0 atom stereocenters. The van der Waals surface area contributed by atoms with E-state index in [-0.39, 0.29) is 66.2 Å². The molecule has 0 radical (unpaired) electrons. The minimum Gasteiger partial charge on any atom is -0.481 e. The van der Waals surface area contributed by atoms with Gasteiger partial charge in [-0.2, -0.15) is 0 Å². The van der Waals surface area contributed by atoms with Crippen molar-refractivity contribution in [1.29, 1.82) is 0 Å². The van der Waals surface area contributed by atoms with Gasteiger partial charge in [0.15, 0.2) is 0 Å². The number of hydrogen-bond donors (Lipinski definition) is 3. The molecule has 0 amide bonds. The first kappa shape index (κ1) is 24.9. The zero-order valence-corrected chi connectivity index (χ0v) is 11.2. The molecule has 0 bridgehead atoms. The molecule has 0 fully saturated rings. The van der Waals surface area contributed by atoms with Crippen molar-refractivity contribution in [2.24, 2.45) is 0 Å². The van der Waals surface area contributed by atoms with Crippen LogP contribution in [0.3, 0.4) is 0 Å². The van der Waals surface area contributed by atoms with Crippen molar-refractivity contribution in [3.63, 3.8) is 0 Å². The zero-order valence-electron chi connectivity index (χ0n) is 9.45. The first-order chi connectivity index (χ1) is 6.81. The number of carboxylic acids is 3. The van der Waals surface area contributed by atoms with Crippen LogP contribution in [0.15, 0.2) is 0 Å². The topological polar surface area (TPSA) is 112 Å². The van der Waals surface area contributed by atoms with Crippen LogP contribution in [0.1, 0.15) is 40.0 Å². The van der Waals surface area contributed by atoms with E-state index in [9.17, 15) is 14.4 Å². The van der Waals surface area contributed by atoms with Crippen molar-refractivity contribution in [2.45, 2.75) is 40.0 Å². The van der Waals surface area contributed by atoms with Gasteiger partial charge in [-0.15, -0.1) is 0 Å². The average molecular weight is 395 g/mol. The molecule has 3 N–H and O–H groups in total. The second-order valence-corrected chi connectivity index (χ2v) is 2.24. The number of aliphatic carboxylic acids is 3. The largest absolute Gasteiger partial charge is 0.481 e. The van der Waals surface area contributed by atoms with Crippen LogP contribution in [-0.2, 0) is 14.4 Å². The molecule has 0 aromatic carbocycles. The summed E-state index contributed by atoms with van der Waals surface area (Å²) < 4.78 is 0. The maximum absolute atomic E-state index is 9.37. The van der Waals surface area contributed by atoms with E-state index in [1.54, 1.807) is 20.8 Å². The average Bonchev–Trinajstić information content (AvgIpc) is 2.19. The summed E-state index contributed by atoms with van der Waals surface area (Å²) in [7, 11) is 0. The van der Waals surface area contributed by atoms with Crippen molar-refractivity contribution < 1.29 is 76.6 Å². The monoisotopic (exact) mass is 396 g/mol. The van der Waals surface area contributed by atoms with Crippen molar-refractivity contribution in [3.05, 3.63) is 0 Å². The van der Waals surface area contributed by atoms with Gasteiger partial charge in [-0.3, -0.25) is 14.4 Å². The van der Waals surface area contributed by atoms with E-state index < -0.39 is 17.9 Å². The summed E-state index contributed by atoms with van der Waals surface area (Å²) in [6.45, 7) is 4.80. The Kier molecular flexibility index (Phi) is 31.7. The van der Waals surface area contributed by atoms with Crippen LogP contribution >= 0.6 is 0 Å². The van der Waals surface area contributed by atoms with Crippen LogP contribution in [0.2, 0.25) is 0 Å². The van der Waals surface area contributed by atoms with E-state index in [4.69, 9.17) is 15.3 Å². The Morgan fingerprint density at radius 2 is 0.750 bits per heavy atom. The summed E-state index contributed by atoms with van der Waals surface area (Å²) in [5, 5.41) is 23.2. The number of carbonyl (C=O) groups is 3.